The second kappa shape index (κ2) is 45.5. The number of unbranched alkanes of at least 4 members (excludes halogenated alkanes) is 2. The number of carbonyl (C=O) groups is 8. The third-order valence-corrected chi connectivity index (χ3v) is 28.5. The number of hydrogen-bond acceptors (Lipinski definition) is 22. The molecule has 4 heterocycles. The summed E-state index contributed by atoms with van der Waals surface area (Å²) in [4.78, 5) is 122. The SMILES string of the molecule is Cc1ncsc1-c1ccc(CNC(=O)[C@@H]2C[C@@H](O)CN2C(=O)[C@@H](NC(=O)COCCCC[C@@H](C)Oc2ccc(C(=O)NC3C(C)(C)C(Oc4ccc(C#N)c(Cl)c4)C3(C)C)cc2)C(C)(C)C)cc1.Cc1ncsc1-c1ccc(CNC(=O)[C@@H]2C[C@@H](O)CN2C(=O)[C@@H](NC(=O)COCCCC[C@H](C)Oc2ccc(C(=O)NC3C(C)(C)C(Oc4ccc(C#N)c(Cl)c4)C3(C)C)cc2)C(C)(C)C)cc1. The average Bonchev–Trinajstić information content (AvgIpc) is 0.903. The molecular weight excluding hydrogens is 1810 g/mol. The second-order valence-corrected chi connectivity index (χ2v) is 43.0. The first-order chi connectivity index (χ1) is 64.2. The van der Waals surface area contributed by atoms with E-state index in [1.807, 2.05) is 129 Å². The molecule has 8 atom stereocenters. The van der Waals surface area contributed by atoms with Crippen LogP contribution < -0.4 is 50.8 Å². The predicted octanol–water partition coefficient (Wildman–Crippen LogP) is 16.0. The Bertz CT molecular complexity index is 5230. The summed E-state index contributed by atoms with van der Waals surface area (Å²) in [5, 5.41) is 58.2. The summed E-state index contributed by atoms with van der Waals surface area (Å²) < 4.78 is 36.4. The first-order valence-electron chi connectivity index (χ1n) is 46.3. The van der Waals surface area contributed by atoms with E-state index in [9.17, 15) is 59.1 Å². The van der Waals surface area contributed by atoms with E-state index in [1.54, 1.807) is 108 Å². The number of aromatic nitrogens is 2. The Balaban J connectivity index is 0.000000261. The van der Waals surface area contributed by atoms with Crippen molar-refractivity contribution < 1.29 is 77.0 Å². The standard InChI is InChI=1S/2C52H65ClN6O8S/c2*1-31(66-38-20-17-35(18-21-38)45(62)58-48-51(6,7)49(52(48,8)9)67-39-22-19-36(26-54)40(53)25-39)12-10-11-23-65-29-42(61)57-44(50(3,4)5)47(64)59-28-37(60)24-41(59)46(63)55-27-33-13-15-34(16-14-33)43-32(2)56-30-68-43/h2*13-22,25,30-31,37,41,44,48-49,60H,10-12,23-24,27-29H2,1-9H3,(H,55,63)(H,57,61)(H,58,62)/t31-,37+,41-,44+,48?,49?;31-,37-,41+,44-,48?,49?/m01/s1. The van der Waals surface area contributed by atoms with Crippen LogP contribution in [0.2, 0.25) is 10.0 Å². The highest BCUT2D eigenvalue weighted by atomic mass is 35.5. The highest BCUT2D eigenvalue weighted by Gasteiger charge is 2.65. The van der Waals surface area contributed by atoms with Crippen molar-refractivity contribution in [3.63, 3.8) is 0 Å². The summed E-state index contributed by atoms with van der Waals surface area (Å²) in [6, 6.07) is 40.0. The van der Waals surface area contributed by atoms with Crippen LogP contribution in [0.15, 0.2) is 144 Å². The summed E-state index contributed by atoms with van der Waals surface area (Å²) >= 11 is 15.6. The Hall–Kier alpha value is -11.1. The largest absolute Gasteiger partial charge is 0.491 e. The highest BCUT2D eigenvalue weighted by Crippen LogP contribution is 2.57. The number of amides is 8. The fourth-order valence-electron chi connectivity index (χ4n) is 19.1. The first kappa shape index (κ1) is 105. The first-order valence-corrected chi connectivity index (χ1v) is 48.8. The van der Waals surface area contributed by atoms with E-state index in [-0.39, 0.29) is 112 Å². The molecule has 4 fully saturated rings. The van der Waals surface area contributed by atoms with Gasteiger partial charge in [0.25, 0.3) is 11.8 Å². The molecule has 8 N–H and O–H groups in total. The van der Waals surface area contributed by atoms with Crippen LogP contribution in [0.5, 0.6) is 23.0 Å². The molecule has 0 bridgehead atoms. The Kier molecular flexibility index (Phi) is 35.3. The molecule has 136 heavy (non-hydrogen) atoms. The van der Waals surface area contributed by atoms with E-state index in [1.165, 1.54) is 9.80 Å². The zero-order valence-electron chi connectivity index (χ0n) is 81.0. The van der Waals surface area contributed by atoms with E-state index >= 15 is 0 Å². The Morgan fingerprint density at radius 3 is 1.15 bits per heavy atom. The number of aliphatic hydroxyl groups is 2. The van der Waals surface area contributed by atoms with Gasteiger partial charge in [-0.25, -0.2) is 9.97 Å². The van der Waals surface area contributed by atoms with Crippen molar-refractivity contribution in [2.45, 2.75) is 262 Å². The molecule has 2 aromatic heterocycles. The van der Waals surface area contributed by atoms with Crippen molar-refractivity contribution in [3.8, 4) is 56.0 Å². The number of halogens is 2. The summed E-state index contributed by atoms with van der Waals surface area (Å²) in [5.74, 6) is -0.472. The van der Waals surface area contributed by atoms with Crippen LogP contribution in [-0.4, -0.2) is 190 Å². The van der Waals surface area contributed by atoms with Gasteiger partial charge in [0.2, 0.25) is 35.4 Å². The van der Waals surface area contributed by atoms with Crippen LogP contribution in [0, 0.1) is 69.0 Å². The topological polar surface area (TPSA) is 384 Å². The molecule has 728 valence electrons. The molecule has 2 saturated carbocycles. The Morgan fingerprint density at radius 1 is 0.500 bits per heavy atom. The van der Waals surface area contributed by atoms with Crippen LogP contribution >= 0.6 is 45.9 Å². The lowest BCUT2D eigenvalue weighted by Crippen LogP contribution is -2.74. The molecule has 0 unspecified atom stereocenters. The van der Waals surface area contributed by atoms with E-state index in [0.29, 0.717) is 81.4 Å². The molecule has 2 aliphatic carbocycles. The molecule has 2 aliphatic heterocycles. The molecule has 6 aromatic carbocycles. The summed E-state index contributed by atoms with van der Waals surface area (Å²) in [6.45, 7) is 36.1. The zero-order chi connectivity index (χ0) is 99.1. The van der Waals surface area contributed by atoms with E-state index in [0.717, 1.165) is 69.1 Å². The lowest BCUT2D eigenvalue weighted by atomic mass is 9.49. The number of likely N-dealkylation sites (tertiary alicyclic amines) is 2. The Morgan fingerprint density at radius 2 is 0.838 bits per heavy atom. The van der Waals surface area contributed by atoms with E-state index < -0.39 is 92.5 Å². The molecule has 8 amide bonds. The van der Waals surface area contributed by atoms with Crippen LogP contribution in [0.3, 0.4) is 0 Å². The number of aliphatic hydroxyl groups excluding tert-OH is 2. The molecule has 2 saturated heterocycles. The molecule has 4 aliphatic rings. The lowest BCUT2D eigenvalue weighted by molar-refractivity contribution is -0.164. The molecular formula is C104H130Cl2N12O16S2. The van der Waals surface area contributed by atoms with Gasteiger partial charge in [0, 0.05) is 109 Å². The van der Waals surface area contributed by atoms with Crippen LogP contribution in [0.4, 0.5) is 0 Å². The van der Waals surface area contributed by atoms with Gasteiger partial charge in [0.15, 0.2) is 0 Å². The zero-order valence-corrected chi connectivity index (χ0v) is 84.1. The van der Waals surface area contributed by atoms with E-state index in [4.69, 9.17) is 51.6 Å². The van der Waals surface area contributed by atoms with Crippen LogP contribution in [0.25, 0.3) is 20.9 Å². The summed E-state index contributed by atoms with van der Waals surface area (Å²) in [5.41, 5.74) is 8.25. The van der Waals surface area contributed by atoms with Crippen LogP contribution in [0.1, 0.15) is 217 Å². The monoisotopic (exact) mass is 1940 g/mol. The number of benzene rings is 6. The fraction of sp³-hybridized carbons (Fsp3) is 0.500. The number of nitrogens with one attached hydrogen (secondary N) is 6. The van der Waals surface area contributed by atoms with Gasteiger partial charge in [-0.05, 0) is 172 Å². The van der Waals surface area contributed by atoms with Crippen molar-refractivity contribution in [1.29, 1.82) is 10.5 Å². The molecule has 28 nitrogen and oxygen atoms in total. The number of thiazole rings is 2. The minimum absolute atomic E-state index is 0.0146. The minimum Gasteiger partial charge on any atom is -0.491 e. The quantitative estimate of drug-likeness (QED) is 0.0167. The number of nitrogens with zero attached hydrogens (tertiary/aromatic N) is 6. The van der Waals surface area contributed by atoms with Gasteiger partial charge < -0.3 is 80.3 Å². The van der Waals surface area contributed by atoms with Gasteiger partial charge >= 0.3 is 0 Å². The molecule has 32 heteroatoms. The highest BCUT2D eigenvalue weighted by molar-refractivity contribution is 7.13. The van der Waals surface area contributed by atoms with Gasteiger partial charge in [-0.15, -0.1) is 22.7 Å². The number of aryl methyl sites for hydroxylation is 2. The molecule has 12 rings (SSSR count). The van der Waals surface area contributed by atoms with Gasteiger partial charge in [0.05, 0.1) is 77.8 Å². The fourth-order valence-corrected chi connectivity index (χ4v) is 21.2. The van der Waals surface area contributed by atoms with Crippen LogP contribution in [-0.2, 0) is 51.3 Å². The number of rotatable bonds is 38. The van der Waals surface area contributed by atoms with Gasteiger partial charge in [0.1, 0.15) is 84.7 Å². The predicted molar refractivity (Wildman–Crippen MR) is 524 cm³/mol. The number of β-amino-alcohol motifs (C(OH)–C–C–N with tert-alkyl or cyclic N) is 2. The van der Waals surface area contributed by atoms with Crippen molar-refractivity contribution in [1.82, 2.24) is 51.7 Å². The molecule has 0 radical (unpaired) electrons. The smallest absolute Gasteiger partial charge is 0.251 e. The number of ether oxygens (including phenoxy) is 6. The number of hydrogen-bond donors (Lipinski definition) is 8. The lowest BCUT2D eigenvalue weighted by Gasteiger charge is -2.63. The van der Waals surface area contributed by atoms with Gasteiger partial charge in [-0.1, -0.05) is 169 Å². The van der Waals surface area contributed by atoms with Gasteiger partial charge in [-0.2, -0.15) is 10.5 Å². The third-order valence-electron chi connectivity index (χ3n) is 26.0. The minimum atomic E-state index is -0.957. The maximum atomic E-state index is 14.0. The second-order valence-electron chi connectivity index (χ2n) is 40.5. The summed E-state index contributed by atoms with van der Waals surface area (Å²) in [7, 11) is 0. The number of nitriles is 2. The van der Waals surface area contributed by atoms with Crippen molar-refractivity contribution in [2.24, 2.45) is 32.5 Å². The van der Waals surface area contributed by atoms with Crippen molar-refractivity contribution in [3.05, 3.63) is 199 Å². The molecule has 8 aromatic rings. The number of carbonyl (C=O) groups excluding carboxylic acids is 8. The average molecular weight is 1940 g/mol. The van der Waals surface area contributed by atoms with E-state index in [2.05, 4.69) is 109 Å². The van der Waals surface area contributed by atoms with Gasteiger partial charge in [-0.3, -0.25) is 38.4 Å². The van der Waals surface area contributed by atoms with Crippen molar-refractivity contribution in [2.75, 3.05) is 39.5 Å². The molecule has 0 spiro atoms. The maximum absolute atomic E-state index is 14.0. The normalized spacial score (nSPS) is 20.3. The maximum Gasteiger partial charge on any atom is 0.251 e. The third kappa shape index (κ3) is 26.4. The van der Waals surface area contributed by atoms with Crippen molar-refractivity contribution >= 4 is 93.1 Å². The Labute approximate surface area is 816 Å². The summed E-state index contributed by atoms with van der Waals surface area (Å²) in [6.07, 6.45) is 2.18.